The molecule has 91 heavy (non-hydrogen) atoms. The Hall–Kier alpha value is -9.07. The van der Waals surface area contributed by atoms with Gasteiger partial charge in [0.25, 0.3) is 0 Å². The second-order valence-electron chi connectivity index (χ2n) is 21.9. The van der Waals surface area contributed by atoms with Crippen LogP contribution in [0.1, 0.15) is 136 Å². The molecule has 9 atom stereocenters. The molecule has 0 heterocycles. The predicted molar refractivity (Wildman–Crippen MR) is 344 cm³/mol. The van der Waals surface area contributed by atoms with Crippen molar-refractivity contribution >= 4 is 88.9 Å². The van der Waals surface area contributed by atoms with Crippen molar-refractivity contribution in [3.05, 3.63) is 0 Å². The second kappa shape index (κ2) is 47.0. The molecule has 0 aromatic carbocycles. The molecule has 518 valence electrons. The van der Waals surface area contributed by atoms with Gasteiger partial charge in [-0.15, -0.1) is 0 Å². The van der Waals surface area contributed by atoms with Crippen LogP contribution < -0.4 is 123 Å². The molecule has 38 nitrogen and oxygen atoms in total. The number of carboxylic acids is 1. The van der Waals surface area contributed by atoms with Crippen LogP contribution in [-0.4, -0.2) is 194 Å². The fraction of sp³-hybridized carbons (Fsp3) is 0.717. The monoisotopic (exact) mass is 1300 g/mol. The van der Waals surface area contributed by atoms with E-state index in [2.05, 4.69) is 67.5 Å². The number of hydrogen-bond acceptors (Lipinski definition) is 18. The Morgan fingerprint density at radius 2 is 0.571 bits per heavy atom. The van der Waals surface area contributed by atoms with Crippen molar-refractivity contribution in [2.24, 2.45) is 111 Å². The Kier molecular flexibility index (Phi) is 42.3. The maximum atomic E-state index is 14.6. The Morgan fingerprint density at radius 3 is 0.846 bits per heavy atom. The molecule has 0 rings (SSSR count). The van der Waals surface area contributed by atoms with Crippen molar-refractivity contribution in [1.29, 1.82) is 0 Å². The van der Waals surface area contributed by atoms with E-state index in [9.17, 15) is 53.1 Å². The van der Waals surface area contributed by atoms with Gasteiger partial charge in [-0.25, -0.2) is 4.79 Å². The highest BCUT2D eigenvalue weighted by molar-refractivity contribution is 5.98. The lowest BCUT2D eigenvalue weighted by Crippen LogP contribution is -2.60. The van der Waals surface area contributed by atoms with E-state index in [0.717, 1.165) is 0 Å². The van der Waals surface area contributed by atoms with Crippen LogP contribution in [0.15, 0.2) is 25.0 Å². The molecule has 37 N–H and O–H groups in total. The van der Waals surface area contributed by atoms with E-state index in [1.165, 1.54) is 0 Å². The molecule has 38 heteroatoms. The van der Waals surface area contributed by atoms with E-state index in [4.69, 9.17) is 80.3 Å². The van der Waals surface area contributed by atoms with E-state index >= 15 is 0 Å². The first-order valence-corrected chi connectivity index (χ1v) is 30.3. The van der Waals surface area contributed by atoms with Gasteiger partial charge in [0.2, 0.25) is 53.2 Å². The predicted octanol–water partition coefficient (Wildman–Crippen LogP) is -8.89. The fourth-order valence-corrected chi connectivity index (χ4v) is 8.70. The van der Waals surface area contributed by atoms with Crippen LogP contribution in [0.4, 0.5) is 0 Å². The molecule has 0 unspecified atom stereocenters. The Morgan fingerprint density at radius 1 is 0.330 bits per heavy atom. The number of aliphatic carboxylic acids is 1. The van der Waals surface area contributed by atoms with Gasteiger partial charge in [-0.1, -0.05) is 13.8 Å². The molecule has 0 aliphatic rings. The van der Waals surface area contributed by atoms with Gasteiger partial charge in [0.15, 0.2) is 29.8 Å². The first-order chi connectivity index (χ1) is 42.9. The number of carboxylic acid groups (broad SMARTS) is 1. The number of aliphatic imine (C=N–C) groups is 5. The Labute approximate surface area is 530 Å². The molecule has 0 aliphatic carbocycles. The van der Waals surface area contributed by atoms with E-state index in [1.807, 2.05) is 0 Å². The molecule has 0 saturated carbocycles. The number of rotatable bonds is 50. The van der Waals surface area contributed by atoms with Gasteiger partial charge in [0.1, 0.15) is 48.3 Å². The summed E-state index contributed by atoms with van der Waals surface area (Å²) in [6.45, 7) is 4.17. The van der Waals surface area contributed by atoms with Gasteiger partial charge >= 0.3 is 5.97 Å². The number of primary amides is 1. The summed E-state index contributed by atoms with van der Waals surface area (Å²) in [6.07, 6.45) is 1.07. The zero-order valence-electron chi connectivity index (χ0n) is 52.5. The highest BCUT2D eigenvalue weighted by Gasteiger charge is 2.35. The number of carbonyl (C=O) groups is 10. The maximum absolute atomic E-state index is 14.6. The number of nitrogens with one attached hydrogen (secondary N) is 8. The molecule has 0 aromatic heterocycles. The molecule has 0 bridgehead atoms. The lowest BCUT2D eigenvalue weighted by atomic mass is 10.0. The summed E-state index contributed by atoms with van der Waals surface area (Å²) in [5, 5.41) is 30.8. The van der Waals surface area contributed by atoms with Crippen LogP contribution in [0.3, 0.4) is 0 Å². The molecule has 0 radical (unpaired) electrons. The Bertz CT molecular complexity index is 2440. The molecule has 0 aliphatic heterocycles. The first-order valence-electron chi connectivity index (χ1n) is 30.3. The molecule has 0 spiro atoms. The smallest absolute Gasteiger partial charge is 0.326 e. The Balaban J connectivity index is 7.36. The standard InChI is InChI=1S/C53H105N27O11/c1-29(2)28-38(47(89)79-37(48(90)91)18-11-27-72-53(66)67)80-45(87)35(17-10-26-71-52(64)65)77-46(88)36(19-20-39(57)81)78-44(86)34(16-9-25-70-51(62)63)76-43(85)33(15-8-24-69-50(60)61)75-42(84)32(14-4-6-22-55)74-41(83)31(13-3-5-21-54)73-40(82)30(56)12-7-23-68-49(58)59/h29-38H,3-28,54-56H2,1-2H3,(H2,57,81)(H,73,82)(H,74,83)(H,75,84)(H,76,85)(H,77,88)(H,78,86)(H,79,89)(H,80,87)(H,90,91)(H4,58,59,68)(H4,60,61,69)(H4,62,63,70)(H4,64,65,71)(H4,66,67,72)/t30-,31+,32+,33+,34-,35+,36+,37-,38+/m1/s1. The van der Waals surface area contributed by atoms with Gasteiger partial charge in [-0.3, -0.25) is 68.1 Å². The summed E-state index contributed by atoms with van der Waals surface area (Å²) in [7, 11) is 0. The van der Waals surface area contributed by atoms with Gasteiger partial charge in [-0.05, 0) is 135 Å². The number of carbonyl (C=O) groups excluding carboxylic acids is 9. The summed E-state index contributed by atoms with van der Waals surface area (Å²) < 4.78 is 0. The van der Waals surface area contributed by atoms with E-state index in [0.29, 0.717) is 32.1 Å². The van der Waals surface area contributed by atoms with Crippen LogP contribution in [0, 0.1) is 5.92 Å². The lowest BCUT2D eigenvalue weighted by molar-refractivity contribution is -0.142. The SMILES string of the molecule is CC(C)C[C@H](NC(=O)[C@H](CCCN=C(N)N)NC(=O)[C@H](CCC(N)=O)NC(=O)[C@@H](CCCN=C(N)N)NC(=O)[C@H](CCCN=C(N)N)NC(=O)[C@H](CCCCN)NC(=O)[C@H](CCCCN)NC(=O)[C@H](N)CCCN=C(N)N)C(=O)N[C@H](CCCN=C(N)N)C(=O)O. The van der Waals surface area contributed by atoms with Crippen LogP contribution >= 0.6 is 0 Å². The number of nitrogens with zero attached hydrogens (tertiary/aromatic N) is 5. The number of unbranched alkanes of at least 4 members (excludes halogenated alkanes) is 2. The number of nitrogens with two attached hydrogens (primary N) is 14. The molecular weight excluding hydrogens is 1190 g/mol. The van der Waals surface area contributed by atoms with Crippen molar-refractivity contribution in [3.8, 4) is 0 Å². The first kappa shape index (κ1) is 81.9. The van der Waals surface area contributed by atoms with Gasteiger partial charge < -0.3 is 128 Å². The highest BCUT2D eigenvalue weighted by Crippen LogP contribution is 2.13. The van der Waals surface area contributed by atoms with E-state index in [-0.39, 0.29) is 159 Å². The maximum Gasteiger partial charge on any atom is 0.326 e. The second-order valence-corrected chi connectivity index (χ2v) is 21.9. The third-order valence-corrected chi connectivity index (χ3v) is 13.4. The van der Waals surface area contributed by atoms with E-state index < -0.39 is 126 Å². The topological polar surface area (TPSA) is 713 Å². The highest BCUT2D eigenvalue weighted by atomic mass is 16.4. The molecule has 9 amide bonds. The van der Waals surface area contributed by atoms with Gasteiger partial charge in [-0.2, -0.15) is 0 Å². The summed E-state index contributed by atoms with van der Waals surface area (Å²) >= 11 is 0. The van der Waals surface area contributed by atoms with E-state index in [1.54, 1.807) is 13.8 Å². The average Bonchev–Trinajstić information content (AvgIpc) is 3.34. The fourth-order valence-electron chi connectivity index (χ4n) is 8.70. The minimum absolute atomic E-state index is 0.00580. The zero-order valence-corrected chi connectivity index (χ0v) is 52.5. The van der Waals surface area contributed by atoms with Crippen LogP contribution in [0.2, 0.25) is 0 Å². The van der Waals surface area contributed by atoms with Crippen molar-refractivity contribution in [2.75, 3.05) is 45.8 Å². The largest absolute Gasteiger partial charge is 0.480 e. The summed E-state index contributed by atoms with van der Waals surface area (Å²) in [5.41, 5.74) is 78.0. The molecule has 0 fully saturated rings. The normalized spacial score (nSPS) is 13.8. The van der Waals surface area contributed by atoms with Crippen LogP contribution in [0.25, 0.3) is 0 Å². The third kappa shape index (κ3) is 39.5. The molecule has 0 saturated heterocycles. The van der Waals surface area contributed by atoms with Crippen molar-refractivity contribution in [2.45, 2.75) is 190 Å². The van der Waals surface area contributed by atoms with Crippen LogP contribution in [0.5, 0.6) is 0 Å². The van der Waals surface area contributed by atoms with Crippen LogP contribution in [-0.2, 0) is 47.9 Å². The number of amides is 9. The van der Waals surface area contributed by atoms with Gasteiger partial charge in [0.05, 0.1) is 6.04 Å². The zero-order chi connectivity index (χ0) is 69.0. The molecule has 0 aromatic rings. The quantitative estimate of drug-likeness (QED) is 0.0153. The van der Waals surface area contributed by atoms with Crippen molar-refractivity contribution < 1.29 is 53.1 Å². The van der Waals surface area contributed by atoms with Crippen molar-refractivity contribution in [1.82, 2.24) is 42.5 Å². The minimum Gasteiger partial charge on any atom is -0.480 e. The summed E-state index contributed by atoms with van der Waals surface area (Å²) in [4.78, 5) is 157. The van der Waals surface area contributed by atoms with Crippen molar-refractivity contribution in [3.63, 3.8) is 0 Å². The molecular formula is C53H105N27O11. The number of hydrogen-bond donors (Lipinski definition) is 23. The third-order valence-electron chi connectivity index (χ3n) is 13.4. The summed E-state index contributed by atoms with van der Waals surface area (Å²) in [6, 6.07) is -12.5. The van der Waals surface area contributed by atoms with Gasteiger partial charge in [0, 0.05) is 39.1 Å². The number of guanidine groups is 5. The lowest BCUT2D eigenvalue weighted by Gasteiger charge is -2.28. The summed E-state index contributed by atoms with van der Waals surface area (Å²) in [5.74, 6) is -10.7. The minimum atomic E-state index is -1.65. The average molecular weight is 1300 g/mol.